The van der Waals surface area contributed by atoms with Crippen LogP contribution in [0.5, 0.6) is 0 Å². The standard InChI is InChI=1S/C16H27N3/c1-12(2)10-18-16(17-5)19-11-14(4)15-8-6-7-13(3)9-15/h6-9,12,14H,10-11H2,1-5H3,(H2,17,18,19). The summed E-state index contributed by atoms with van der Waals surface area (Å²) in [5.41, 5.74) is 2.68. The third kappa shape index (κ3) is 5.77. The highest BCUT2D eigenvalue weighted by Gasteiger charge is 2.07. The molecule has 0 heterocycles. The predicted octanol–water partition coefficient (Wildman–Crippen LogP) is 2.92. The molecule has 106 valence electrons. The van der Waals surface area contributed by atoms with Gasteiger partial charge >= 0.3 is 0 Å². The average Bonchev–Trinajstić information content (AvgIpc) is 2.38. The van der Waals surface area contributed by atoms with Crippen molar-refractivity contribution in [3.8, 4) is 0 Å². The van der Waals surface area contributed by atoms with Crippen LogP contribution in [-0.2, 0) is 0 Å². The molecule has 0 radical (unpaired) electrons. The van der Waals surface area contributed by atoms with Crippen LogP contribution in [0.15, 0.2) is 29.3 Å². The number of hydrogen-bond acceptors (Lipinski definition) is 1. The second kappa shape index (κ2) is 7.82. The third-order valence-corrected chi connectivity index (χ3v) is 3.09. The van der Waals surface area contributed by atoms with Crippen LogP contribution in [0.3, 0.4) is 0 Å². The fourth-order valence-electron chi connectivity index (χ4n) is 1.87. The molecular weight excluding hydrogens is 234 g/mol. The minimum atomic E-state index is 0.470. The van der Waals surface area contributed by atoms with E-state index in [0.29, 0.717) is 11.8 Å². The van der Waals surface area contributed by atoms with Gasteiger partial charge in [-0.15, -0.1) is 0 Å². The monoisotopic (exact) mass is 261 g/mol. The zero-order valence-electron chi connectivity index (χ0n) is 12.8. The molecule has 3 heteroatoms. The zero-order valence-corrected chi connectivity index (χ0v) is 12.8. The second-order valence-electron chi connectivity index (χ2n) is 5.54. The zero-order chi connectivity index (χ0) is 14.3. The van der Waals surface area contributed by atoms with E-state index in [0.717, 1.165) is 19.0 Å². The van der Waals surface area contributed by atoms with Gasteiger partial charge in [0.25, 0.3) is 0 Å². The first-order chi connectivity index (χ1) is 9.02. The van der Waals surface area contributed by atoms with Crippen LogP contribution in [0.4, 0.5) is 0 Å². The highest BCUT2D eigenvalue weighted by molar-refractivity contribution is 5.79. The molecule has 0 amide bonds. The highest BCUT2D eigenvalue weighted by atomic mass is 15.2. The normalized spacial score (nSPS) is 13.5. The summed E-state index contributed by atoms with van der Waals surface area (Å²) in [5.74, 6) is 1.97. The van der Waals surface area contributed by atoms with Crippen molar-refractivity contribution in [2.75, 3.05) is 20.1 Å². The molecule has 0 saturated heterocycles. The Morgan fingerprint density at radius 1 is 1.16 bits per heavy atom. The van der Waals surface area contributed by atoms with E-state index >= 15 is 0 Å². The molecule has 1 unspecified atom stereocenters. The van der Waals surface area contributed by atoms with E-state index in [4.69, 9.17) is 0 Å². The van der Waals surface area contributed by atoms with Gasteiger partial charge < -0.3 is 10.6 Å². The van der Waals surface area contributed by atoms with Crippen LogP contribution in [0.25, 0.3) is 0 Å². The fourth-order valence-corrected chi connectivity index (χ4v) is 1.87. The van der Waals surface area contributed by atoms with Crippen molar-refractivity contribution >= 4 is 5.96 Å². The first kappa shape index (κ1) is 15.5. The van der Waals surface area contributed by atoms with Crippen molar-refractivity contribution in [1.29, 1.82) is 0 Å². The smallest absolute Gasteiger partial charge is 0.191 e. The maximum absolute atomic E-state index is 4.24. The molecule has 1 rings (SSSR count). The molecule has 0 bridgehead atoms. The molecule has 0 fully saturated rings. The molecule has 0 aliphatic heterocycles. The van der Waals surface area contributed by atoms with Crippen LogP contribution in [0, 0.1) is 12.8 Å². The fraction of sp³-hybridized carbons (Fsp3) is 0.562. The lowest BCUT2D eigenvalue weighted by Gasteiger charge is -2.17. The van der Waals surface area contributed by atoms with Crippen LogP contribution in [0.1, 0.15) is 37.8 Å². The maximum atomic E-state index is 4.24. The molecule has 1 aromatic rings. The number of aryl methyl sites for hydroxylation is 1. The Hall–Kier alpha value is -1.51. The van der Waals surface area contributed by atoms with E-state index in [9.17, 15) is 0 Å². The Labute approximate surface area is 117 Å². The van der Waals surface area contributed by atoms with Crippen LogP contribution >= 0.6 is 0 Å². The Balaban J connectivity index is 2.46. The van der Waals surface area contributed by atoms with Gasteiger partial charge in [-0.2, -0.15) is 0 Å². The van der Waals surface area contributed by atoms with Crippen molar-refractivity contribution in [3.63, 3.8) is 0 Å². The topological polar surface area (TPSA) is 36.4 Å². The number of nitrogens with one attached hydrogen (secondary N) is 2. The van der Waals surface area contributed by atoms with Crippen LogP contribution in [-0.4, -0.2) is 26.1 Å². The van der Waals surface area contributed by atoms with Crippen LogP contribution in [0.2, 0.25) is 0 Å². The molecule has 0 aliphatic carbocycles. The summed E-state index contributed by atoms with van der Waals surface area (Å²) in [7, 11) is 1.81. The van der Waals surface area contributed by atoms with Gasteiger partial charge in [0, 0.05) is 20.1 Å². The van der Waals surface area contributed by atoms with Crippen molar-refractivity contribution in [1.82, 2.24) is 10.6 Å². The summed E-state index contributed by atoms with van der Waals surface area (Å²) in [6.07, 6.45) is 0. The van der Waals surface area contributed by atoms with Gasteiger partial charge in [-0.05, 0) is 24.3 Å². The predicted molar refractivity (Wildman–Crippen MR) is 83.8 cm³/mol. The first-order valence-electron chi connectivity index (χ1n) is 7.04. The van der Waals surface area contributed by atoms with E-state index in [1.807, 2.05) is 7.05 Å². The van der Waals surface area contributed by atoms with Gasteiger partial charge in [0.05, 0.1) is 0 Å². The lowest BCUT2D eigenvalue weighted by atomic mass is 9.99. The summed E-state index contributed by atoms with van der Waals surface area (Å²) >= 11 is 0. The summed E-state index contributed by atoms with van der Waals surface area (Å²) in [6.45, 7) is 10.6. The Bertz CT molecular complexity index is 410. The van der Waals surface area contributed by atoms with Crippen molar-refractivity contribution in [2.45, 2.75) is 33.6 Å². The Morgan fingerprint density at radius 3 is 2.42 bits per heavy atom. The molecule has 0 saturated carbocycles. The van der Waals surface area contributed by atoms with E-state index in [-0.39, 0.29) is 0 Å². The minimum absolute atomic E-state index is 0.470. The van der Waals surface area contributed by atoms with Gasteiger partial charge in [-0.1, -0.05) is 50.6 Å². The van der Waals surface area contributed by atoms with Crippen LogP contribution < -0.4 is 10.6 Å². The lowest BCUT2D eigenvalue weighted by Crippen LogP contribution is -2.40. The van der Waals surface area contributed by atoms with Gasteiger partial charge in [0.15, 0.2) is 5.96 Å². The van der Waals surface area contributed by atoms with E-state index in [2.05, 4.69) is 67.6 Å². The number of benzene rings is 1. The van der Waals surface area contributed by atoms with E-state index < -0.39 is 0 Å². The number of rotatable bonds is 5. The Morgan fingerprint density at radius 2 is 1.84 bits per heavy atom. The number of guanidine groups is 1. The molecule has 1 aromatic carbocycles. The van der Waals surface area contributed by atoms with Crippen molar-refractivity contribution in [2.24, 2.45) is 10.9 Å². The molecule has 19 heavy (non-hydrogen) atoms. The molecule has 2 N–H and O–H groups in total. The van der Waals surface area contributed by atoms with Gasteiger partial charge in [0.1, 0.15) is 0 Å². The largest absolute Gasteiger partial charge is 0.356 e. The maximum Gasteiger partial charge on any atom is 0.191 e. The molecular formula is C16H27N3. The second-order valence-corrected chi connectivity index (χ2v) is 5.54. The summed E-state index contributed by atoms with van der Waals surface area (Å²) < 4.78 is 0. The minimum Gasteiger partial charge on any atom is -0.356 e. The lowest BCUT2D eigenvalue weighted by molar-refractivity contribution is 0.609. The molecule has 0 aliphatic rings. The molecule has 0 spiro atoms. The first-order valence-corrected chi connectivity index (χ1v) is 7.04. The van der Waals surface area contributed by atoms with Gasteiger partial charge in [-0.3, -0.25) is 4.99 Å². The SMILES string of the molecule is CN=C(NCC(C)C)NCC(C)c1cccc(C)c1. The summed E-state index contributed by atoms with van der Waals surface area (Å²) in [4.78, 5) is 4.24. The number of aliphatic imine (C=N–C) groups is 1. The summed E-state index contributed by atoms with van der Waals surface area (Å²) in [6, 6.07) is 8.68. The quantitative estimate of drug-likeness (QED) is 0.631. The third-order valence-electron chi connectivity index (χ3n) is 3.09. The highest BCUT2D eigenvalue weighted by Crippen LogP contribution is 2.15. The average molecular weight is 261 g/mol. The Kier molecular flexibility index (Phi) is 6.40. The van der Waals surface area contributed by atoms with Gasteiger partial charge in [0.2, 0.25) is 0 Å². The summed E-state index contributed by atoms with van der Waals surface area (Å²) in [5, 5.41) is 6.71. The van der Waals surface area contributed by atoms with Gasteiger partial charge in [-0.25, -0.2) is 0 Å². The molecule has 3 nitrogen and oxygen atoms in total. The van der Waals surface area contributed by atoms with E-state index in [1.54, 1.807) is 0 Å². The van der Waals surface area contributed by atoms with Crippen molar-refractivity contribution in [3.05, 3.63) is 35.4 Å². The molecule has 0 aromatic heterocycles. The molecule has 1 atom stereocenters. The number of nitrogens with zero attached hydrogens (tertiary/aromatic N) is 1. The van der Waals surface area contributed by atoms with E-state index in [1.165, 1.54) is 11.1 Å². The number of hydrogen-bond donors (Lipinski definition) is 2. The van der Waals surface area contributed by atoms with Crippen molar-refractivity contribution < 1.29 is 0 Å².